The number of rotatable bonds is 4. The van der Waals surface area contributed by atoms with Crippen molar-refractivity contribution in [2.24, 2.45) is 7.05 Å². The quantitative estimate of drug-likeness (QED) is 0.780. The summed E-state index contributed by atoms with van der Waals surface area (Å²) in [6, 6.07) is 1.45. The normalized spacial score (nSPS) is 20.9. The van der Waals surface area contributed by atoms with E-state index in [1.54, 1.807) is 11.6 Å². The van der Waals surface area contributed by atoms with Gasteiger partial charge in [-0.25, -0.2) is 13.2 Å². The Labute approximate surface area is 143 Å². The molecule has 1 aliphatic heterocycles. The van der Waals surface area contributed by atoms with Crippen LogP contribution in [0.15, 0.2) is 17.2 Å². The lowest BCUT2D eigenvalue weighted by molar-refractivity contribution is 0.0200. The number of nitrogens with zero attached hydrogens (tertiary/aromatic N) is 2. The Morgan fingerprint density at radius 1 is 1.08 bits per heavy atom. The highest BCUT2D eigenvalue weighted by Crippen LogP contribution is 2.24. The maximum atomic E-state index is 12.7. The van der Waals surface area contributed by atoms with Crippen LogP contribution >= 0.6 is 0 Å². The first-order valence-corrected chi connectivity index (χ1v) is 10.3. The van der Waals surface area contributed by atoms with Crippen LogP contribution in [0.2, 0.25) is 0 Å². The van der Waals surface area contributed by atoms with E-state index in [1.807, 2.05) is 0 Å². The molecular weight excluding hydrogens is 328 g/mol. The minimum atomic E-state index is -3.53. The van der Waals surface area contributed by atoms with Gasteiger partial charge in [0.25, 0.3) is 0 Å². The predicted octanol–water partition coefficient (Wildman–Crippen LogP) is 2.69. The van der Waals surface area contributed by atoms with Crippen LogP contribution in [-0.4, -0.2) is 42.5 Å². The molecule has 2 aliphatic rings. The van der Waals surface area contributed by atoms with Crippen molar-refractivity contribution in [2.45, 2.75) is 62.4 Å². The van der Waals surface area contributed by atoms with Crippen LogP contribution in [0.1, 0.15) is 61.9 Å². The standard InChI is InChI=1S/C17H26N2O4S/c1-18-13-15(24(21,22)19-10-6-3-7-11-19)12-16(18)17(20)23-14-8-4-2-5-9-14/h12-14H,2-11H2,1H3. The summed E-state index contributed by atoms with van der Waals surface area (Å²) in [5.41, 5.74) is 0.302. The molecule has 2 fully saturated rings. The second-order valence-corrected chi connectivity index (χ2v) is 8.74. The summed E-state index contributed by atoms with van der Waals surface area (Å²) in [5.74, 6) is -0.426. The molecule has 1 saturated heterocycles. The van der Waals surface area contributed by atoms with Crippen LogP contribution in [-0.2, 0) is 21.8 Å². The highest BCUT2D eigenvalue weighted by Gasteiger charge is 2.29. The van der Waals surface area contributed by atoms with Gasteiger partial charge >= 0.3 is 5.97 Å². The van der Waals surface area contributed by atoms with Crippen molar-refractivity contribution in [3.63, 3.8) is 0 Å². The molecule has 24 heavy (non-hydrogen) atoms. The summed E-state index contributed by atoms with van der Waals surface area (Å²) in [5, 5.41) is 0. The zero-order chi connectivity index (χ0) is 17.2. The summed E-state index contributed by atoms with van der Waals surface area (Å²) >= 11 is 0. The average molecular weight is 354 g/mol. The van der Waals surface area contributed by atoms with Gasteiger partial charge in [-0.15, -0.1) is 0 Å². The summed E-state index contributed by atoms with van der Waals surface area (Å²) in [7, 11) is -1.84. The van der Waals surface area contributed by atoms with Gasteiger partial charge < -0.3 is 9.30 Å². The molecule has 6 nitrogen and oxygen atoms in total. The predicted molar refractivity (Wildman–Crippen MR) is 90.3 cm³/mol. The molecule has 1 saturated carbocycles. The third kappa shape index (κ3) is 3.67. The summed E-state index contributed by atoms with van der Waals surface area (Å²) in [4.78, 5) is 12.6. The van der Waals surface area contributed by atoms with Crippen LogP contribution in [0.25, 0.3) is 0 Å². The fraction of sp³-hybridized carbons (Fsp3) is 0.706. The Bertz CT molecular complexity index is 683. The third-order valence-electron chi connectivity index (χ3n) is 4.97. The van der Waals surface area contributed by atoms with E-state index in [1.165, 1.54) is 23.0 Å². The van der Waals surface area contributed by atoms with Crippen molar-refractivity contribution in [3.05, 3.63) is 18.0 Å². The van der Waals surface area contributed by atoms with Gasteiger partial charge in [-0.2, -0.15) is 4.31 Å². The Kier molecular flexibility index (Phi) is 5.30. The highest BCUT2D eigenvalue weighted by molar-refractivity contribution is 7.89. The zero-order valence-electron chi connectivity index (χ0n) is 14.2. The molecule has 0 radical (unpaired) electrons. The largest absolute Gasteiger partial charge is 0.458 e. The molecule has 1 aliphatic carbocycles. The average Bonchev–Trinajstić information content (AvgIpc) is 2.99. The van der Waals surface area contributed by atoms with Gasteiger partial charge in [0.1, 0.15) is 16.7 Å². The molecule has 0 atom stereocenters. The Hall–Kier alpha value is -1.34. The van der Waals surface area contributed by atoms with Gasteiger partial charge in [0.05, 0.1) is 0 Å². The van der Waals surface area contributed by atoms with Crippen molar-refractivity contribution < 1.29 is 17.9 Å². The summed E-state index contributed by atoms with van der Waals surface area (Å²) in [6.45, 7) is 1.11. The molecule has 0 bridgehead atoms. The van der Waals surface area contributed by atoms with E-state index in [9.17, 15) is 13.2 Å². The SMILES string of the molecule is Cn1cc(S(=O)(=O)N2CCCCC2)cc1C(=O)OC1CCCCC1. The first-order valence-electron chi connectivity index (χ1n) is 8.86. The van der Waals surface area contributed by atoms with Crippen LogP contribution in [0.3, 0.4) is 0 Å². The topological polar surface area (TPSA) is 68.6 Å². The first-order chi connectivity index (χ1) is 11.5. The molecule has 0 aromatic carbocycles. The molecule has 0 amide bonds. The lowest BCUT2D eigenvalue weighted by Gasteiger charge is -2.25. The minimum Gasteiger partial charge on any atom is -0.458 e. The molecule has 2 heterocycles. The van der Waals surface area contributed by atoms with Gasteiger partial charge in [-0.05, 0) is 44.6 Å². The number of carbonyl (C=O) groups excluding carboxylic acids is 1. The van der Waals surface area contributed by atoms with Crippen molar-refractivity contribution in [1.82, 2.24) is 8.87 Å². The number of esters is 1. The molecule has 0 unspecified atom stereocenters. The van der Waals surface area contributed by atoms with Gasteiger partial charge in [-0.3, -0.25) is 0 Å². The maximum absolute atomic E-state index is 12.7. The van der Waals surface area contributed by atoms with E-state index in [0.717, 1.165) is 44.9 Å². The second kappa shape index (κ2) is 7.27. The Balaban J connectivity index is 1.75. The fourth-order valence-electron chi connectivity index (χ4n) is 3.53. The number of aromatic nitrogens is 1. The van der Waals surface area contributed by atoms with Gasteiger partial charge in [0.15, 0.2) is 0 Å². The third-order valence-corrected chi connectivity index (χ3v) is 6.83. The van der Waals surface area contributed by atoms with Crippen LogP contribution < -0.4 is 0 Å². The Morgan fingerprint density at radius 3 is 2.38 bits per heavy atom. The second-order valence-electron chi connectivity index (χ2n) is 6.80. The van der Waals surface area contributed by atoms with E-state index in [4.69, 9.17) is 4.74 Å². The monoisotopic (exact) mass is 354 g/mol. The smallest absolute Gasteiger partial charge is 0.355 e. The van der Waals surface area contributed by atoms with Crippen LogP contribution in [0.5, 0.6) is 0 Å². The van der Waals surface area contributed by atoms with Crippen LogP contribution in [0, 0.1) is 0 Å². The van der Waals surface area contributed by atoms with E-state index < -0.39 is 16.0 Å². The van der Waals surface area contributed by atoms with Gasteiger partial charge in [0.2, 0.25) is 10.0 Å². The van der Waals surface area contributed by atoms with E-state index >= 15 is 0 Å². The fourth-order valence-corrected chi connectivity index (χ4v) is 5.12. The molecule has 1 aromatic heterocycles. The summed E-state index contributed by atoms with van der Waals surface area (Å²) < 4.78 is 34.1. The zero-order valence-corrected chi connectivity index (χ0v) is 15.1. The number of piperidine rings is 1. The van der Waals surface area contributed by atoms with Crippen LogP contribution in [0.4, 0.5) is 0 Å². The van der Waals surface area contributed by atoms with Gasteiger partial charge in [0, 0.05) is 26.3 Å². The number of carbonyl (C=O) groups is 1. The molecule has 134 valence electrons. The number of aryl methyl sites for hydroxylation is 1. The van der Waals surface area contributed by atoms with E-state index in [2.05, 4.69) is 0 Å². The molecule has 7 heteroatoms. The molecule has 0 N–H and O–H groups in total. The lowest BCUT2D eigenvalue weighted by atomic mass is 9.98. The van der Waals surface area contributed by atoms with E-state index in [0.29, 0.717) is 18.8 Å². The lowest BCUT2D eigenvalue weighted by Crippen LogP contribution is -2.35. The number of ether oxygens (including phenoxy) is 1. The minimum absolute atomic E-state index is 0.0386. The first kappa shape index (κ1) is 17.5. The molecule has 1 aromatic rings. The maximum Gasteiger partial charge on any atom is 0.355 e. The molecule has 3 rings (SSSR count). The number of hydrogen-bond acceptors (Lipinski definition) is 4. The van der Waals surface area contributed by atoms with Crippen molar-refractivity contribution in [1.29, 1.82) is 0 Å². The highest BCUT2D eigenvalue weighted by atomic mass is 32.2. The summed E-state index contributed by atoms with van der Waals surface area (Å²) in [6.07, 6.45) is 9.48. The van der Waals surface area contributed by atoms with Gasteiger partial charge in [-0.1, -0.05) is 12.8 Å². The van der Waals surface area contributed by atoms with Crippen molar-refractivity contribution in [3.8, 4) is 0 Å². The molecule has 0 spiro atoms. The van der Waals surface area contributed by atoms with Crippen molar-refractivity contribution in [2.75, 3.05) is 13.1 Å². The number of sulfonamides is 1. The molecular formula is C17H26N2O4S. The number of hydrogen-bond donors (Lipinski definition) is 0. The Morgan fingerprint density at radius 2 is 1.71 bits per heavy atom. The van der Waals surface area contributed by atoms with Crippen molar-refractivity contribution >= 4 is 16.0 Å². The van der Waals surface area contributed by atoms with E-state index in [-0.39, 0.29) is 11.0 Å².